The molecule has 0 aromatic heterocycles. The molecule has 0 heterocycles. The minimum Gasteiger partial charge on any atom is -0.393 e. The third-order valence-corrected chi connectivity index (χ3v) is 5.28. The van der Waals surface area contributed by atoms with Gasteiger partial charge in [0.15, 0.2) is 0 Å². The number of hydrogen-bond acceptors (Lipinski definition) is 2. The van der Waals surface area contributed by atoms with E-state index in [0.717, 1.165) is 37.7 Å². The van der Waals surface area contributed by atoms with E-state index in [2.05, 4.69) is 26.5 Å². The SMILES string of the molecule is C=C1CC[C@H](O)C(C)(C)[C@]12CC=C(CO)CC2. The van der Waals surface area contributed by atoms with Crippen molar-refractivity contribution in [1.29, 1.82) is 0 Å². The molecule has 2 rings (SSSR count). The summed E-state index contributed by atoms with van der Waals surface area (Å²) in [6.45, 7) is 8.77. The van der Waals surface area contributed by atoms with E-state index in [0.29, 0.717) is 0 Å². The van der Waals surface area contributed by atoms with Gasteiger partial charge in [-0.2, -0.15) is 0 Å². The highest BCUT2D eigenvalue weighted by Gasteiger charge is 2.52. The molecule has 0 saturated heterocycles. The second kappa shape index (κ2) is 4.25. The Kier molecular flexibility index (Phi) is 3.21. The summed E-state index contributed by atoms with van der Waals surface area (Å²) in [4.78, 5) is 0. The molecule has 1 saturated carbocycles. The molecule has 0 aromatic carbocycles. The van der Waals surface area contributed by atoms with Gasteiger partial charge in [-0.3, -0.25) is 0 Å². The van der Waals surface area contributed by atoms with Crippen LogP contribution in [0.5, 0.6) is 0 Å². The molecule has 2 N–H and O–H groups in total. The van der Waals surface area contributed by atoms with Crippen molar-refractivity contribution in [2.24, 2.45) is 10.8 Å². The molecule has 96 valence electrons. The summed E-state index contributed by atoms with van der Waals surface area (Å²) in [5.41, 5.74) is 2.35. The molecule has 1 spiro atoms. The monoisotopic (exact) mass is 236 g/mol. The van der Waals surface area contributed by atoms with Crippen molar-refractivity contribution in [1.82, 2.24) is 0 Å². The number of aliphatic hydroxyl groups excluding tert-OH is 2. The zero-order valence-electron chi connectivity index (χ0n) is 11.0. The molecule has 1 fully saturated rings. The van der Waals surface area contributed by atoms with Crippen LogP contribution in [-0.4, -0.2) is 22.9 Å². The second-order valence-corrected chi connectivity index (χ2v) is 6.19. The Balaban J connectivity index is 2.34. The third-order valence-electron chi connectivity index (χ3n) is 5.28. The van der Waals surface area contributed by atoms with Crippen molar-refractivity contribution in [3.8, 4) is 0 Å². The average Bonchev–Trinajstić information content (AvgIpc) is 2.33. The largest absolute Gasteiger partial charge is 0.393 e. The molecular weight excluding hydrogens is 212 g/mol. The Morgan fingerprint density at radius 3 is 2.65 bits per heavy atom. The number of rotatable bonds is 1. The Morgan fingerprint density at radius 2 is 2.12 bits per heavy atom. The molecule has 0 unspecified atom stereocenters. The summed E-state index contributed by atoms with van der Waals surface area (Å²) in [7, 11) is 0. The van der Waals surface area contributed by atoms with Crippen LogP contribution in [0.3, 0.4) is 0 Å². The Morgan fingerprint density at radius 1 is 1.41 bits per heavy atom. The molecule has 17 heavy (non-hydrogen) atoms. The fourth-order valence-electron chi connectivity index (χ4n) is 3.63. The van der Waals surface area contributed by atoms with Gasteiger partial charge in [-0.15, -0.1) is 0 Å². The first-order valence-electron chi connectivity index (χ1n) is 6.59. The summed E-state index contributed by atoms with van der Waals surface area (Å²) in [5, 5.41) is 19.5. The van der Waals surface area contributed by atoms with Crippen LogP contribution < -0.4 is 0 Å². The molecular formula is C15H24O2. The van der Waals surface area contributed by atoms with Gasteiger partial charge in [-0.25, -0.2) is 0 Å². The van der Waals surface area contributed by atoms with Gasteiger partial charge in [0.2, 0.25) is 0 Å². The minimum absolute atomic E-state index is 0.0311. The van der Waals surface area contributed by atoms with E-state index in [4.69, 9.17) is 0 Å². The molecule has 0 radical (unpaired) electrons. The number of aliphatic hydroxyl groups is 2. The van der Waals surface area contributed by atoms with E-state index in [9.17, 15) is 10.2 Å². The van der Waals surface area contributed by atoms with Crippen molar-refractivity contribution < 1.29 is 10.2 Å². The lowest BCUT2D eigenvalue weighted by Crippen LogP contribution is -2.51. The first-order valence-corrected chi connectivity index (χ1v) is 6.59. The Bertz CT molecular complexity index is 354. The van der Waals surface area contributed by atoms with Gasteiger partial charge in [0, 0.05) is 10.8 Å². The van der Waals surface area contributed by atoms with Crippen LogP contribution in [0.1, 0.15) is 46.0 Å². The highest BCUT2D eigenvalue weighted by atomic mass is 16.3. The van der Waals surface area contributed by atoms with Gasteiger partial charge in [-0.1, -0.05) is 32.1 Å². The van der Waals surface area contributed by atoms with Crippen molar-refractivity contribution in [3.63, 3.8) is 0 Å². The Labute approximate surface area is 104 Å². The van der Waals surface area contributed by atoms with Crippen LogP contribution >= 0.6 is 0 Å². The highest BCUT2D eigenvalue weighted by Crippen LogP contribution is 2.59. The van der Waals surface area contributed by atoms with Crippen LogP contribution in [0, 0.1) is 10.8 Å². The smallest absolute Gasteiger partial charge is 0.0641 e. The fourth-order valence-corrected chi connectivity index (χ4v) is 3.63. The molecule has 2 aliphatic rings. The van der Waals surface area contributed by atoms with Crippen LogP contribution in [0.25, 0.3) is 0 Å². The van der Waals surface area contributed by atoms with Crippen molar-refractivity contribution in [2.45, 2.75) is 52.1 Å². The van der Waals surface area contributed by atoms with Crippen LogP contribution in [0.2, 0.25) is 0 Å². The van der Waals surface area contributed by atoms with Gasteiger partial charge in [0.05, 0.1) is 12.7 Å². The lowest BCUT2D eigenvalue weighted by molar-refractivity contribution is -0.0652. The molecule has 2 aliphatic carbocycles. The summed E-state index contributed by atoms with van der Waals surface area (Å²) in [6, 6.07) is 0. The zero-order chi connectivity index (χ0) is 12.7. The normalized spacial score (nSPS) is 37.1. The maximum absolute atomic E-state index is 10.3. The summed E-state index contributed by atoms with van der Waals surface area (Å²) >= 11 is 0. The summed E-state index contributed by atoms with van der Waals surface area (Å²) < 4.78 is 0. The molecule has 0 bridgehead atoms. The van der Waals surface area contributed by atoms with E-state index >= 15 is 0 Å². The molecule has 0 aliphatic heterocycles. The predicted molar refractivity (Wildman–Crippen MR) is 69.6 cm³/mol. The van der Waals surface area contributed by atoms with Crippen LogP contribution in [0.15, 0.2) is 23.8 Å². The quantitative estimate of drug-likeness (QED) is 0.687. The van der Waals surface area contributed by atoms with E-state index in [1.54, 1.807) is 0 Å². The molecule has 0 amide bonds. The molecule has 0 aromatic rings. The molecule has 2 atom stereocenters. The number of hydrogen-bond donors (Lipinski definition) is 2. The topological polar surface area (TPSA) is 40.5 Å². The van der Waals surface area contributed by atoms with E-state index in [-0.39, 0.29) is 23.5 Å². The maximum atomic E-state index is 10.3. The summed E-state index contributed by atoms with van der Waals surface area (Å²) in [5.74, 6) is 0. The second-order valence-electron chi connectivity index (χ2n) is 6.19. The average molecular weight is 236 g/mol. The van der Waals surface area contributed by atoms with Gasteiger partial charge >= 0.3 is 0 Å². The van der Waals surface area contributed by atoms with Crippen molar-refractivity contribution in [3.05, 3.63) is 23.8 Å². The predicted octanol–water partition coefficient (Wildman–Crippen LogP) is 2.81. The van der Waals surface area contributed by atoms with Crippen molar-refractivity contribution in [2.75, 3.05) is 6.61 Å². The standard InChI is InChI=1S/C15H24O2/c1-11-4-5-13(17)14(2,3)15(11)8-6-12(10-16)7-9-15/h6,13,16-17H,1,4-5,7-10H2,2-3H3/t13-,15-/m0/s1. The fraction of sp³-hybridized carbons (Fsp3) is 0.733. The molecule has 2 heteroatoms. The van der Waals surface area contributed by atoms with Gasteiger partial charge in [-0.05, 0) is 37.7 Å². The Hall–Kier alpha value is -0.600. The summed E-state index contributed by atoms with van der Waals surface area (Å²) in [6.07, 6.45) is 6.57. The van der Waals surface area contributed by atoms with Gasteiger partial charge in [0.25, 0.3) is 0 Å². The number of allylic oxidation sites excluding steroid dienone is 2. The lowest BCUT2D eigenvalue weighted by atomic mass is 9.50. The molecule has 2 nitrogen and oxygen atoms in total. The van der Waals surface area contributed by atoms with E-state index in [1.165, 1.54) is 5.57 Å². The third kappa shape index (κ3) is 1.78. The lowest BCUT2D eigenvalue weighted by Gasteiger charge is -2.55. The van der Waals surface area contributed by atoms with Gasteiger partial charge in [0.1, 0.15) is 0 Å². The van der Waals surface area contributed by atoms with Crippen LogP contribution in [0.4, 0.5) is 0 Å². The minimum atomic E-state index is -0.239. The zero-order valence-corrected chi connectivity index (χ0v) is 11.0. The van der Waals surface area contributed by atoms with E-state index < -0.39 is 0 Å². The van der Waals surface area contributed by atoms with E-state index in [1.807, 2.05) is 0 Å². The first kappa shape index (κ1) is 12.8. The maximum Gasteiger partial charge on any atom is 0.0641 e. The highest BCUT2D eigenvalue weighted by molar-refractivity contribution is 5.26. The van der Waals surface area contributed by atoms with Crippen molar-refractivity contribution >= 4 is 0 Å². The van der Waals surface area contributed by atoms with Gasteiger partial charge < -0.3 is 10.2 Å². The first-order chi connectivity index (χ1) is 7.94. The van der Waals surface area contributed by atoms with Crippen LogP contribution in [-0.2, 0) is 0 Å².